The summed E-state index contributed by atoms with van der Waals surface area (Å²) < 4.78 is 2.72. The second-order valence-electron chi connectivity index (χ2n) is 3.21. The number of aryl methyl sites for hydroxylation is 1. The smallest absolute Gasteiger partial charge is 0.205 e. The van der Waals surface area contributed by atoms with E-state index >= 15 is 0 Å². The third-order valence-corrected chi connectivity index (χ3v) is 2.83. The molecule has 0 amide bonds. The van der Waals surface area contributed by atoms with Crippen molar-refractivity contribution in [3.63, 3.8) is 0 Å². The molecule has 2 N–H and O–H groups in total. The summed E-state index contributed by atoms with van der Waals surface area (Å²) in [5, 5.41) is 0.641. The van der Waals surface area contributed by atoms with E-state index < -0.39 is 0 Å². The van der Waals surface area contributed by atoms with Crippen LogP contribution in [0.25, 0.3) is 5.69 Å². The van der Waals surface area contributed by atoms with Crippen molar-refractivity contribution < 1.29 is 0 Å². The van der Waals surface area contributed by atoms with E-state index in [2.05, 4.69) is 20.9 Å². The van der Waals surface area contributed by atoms with Crippen molar-refractivity contribution in [3.8, 4) is 5.69 Å². The van der Waals surface area contributed by atoms with Crippen molar-refractivity contribution in [2.45, 2.75) is 6.92 Å². The van der Waals surface area contributed by atoms with Crippen LogP contribution in [-0.2, 0) is 0 Å². The van der Waals surface area contributed by atoms with Gasteiger partial charge in [-0.25, -0.2) is 4.98 Å². The molecule has 0 saturated heterocycles. The molecule has 0 bridgehead atoms. The standard InChI is InChI=1S/C10H9BrClN3/c1-6-5-15(10(13)14-6)9-4-7(11)2-3-8(9)12/h2-5H,1H3,(H2,13,14). The molecule has 0 fully saturated rings. The average Bonchev–Trinajstić information content (AvgIpc) is 2.50. The number of anilines is 1. The van der Waals surface area contributed by atoms with Gasteiger partial charge in [-0.15, -0.1) is 0 Å². The Hall–Kier alpha value is -1.00. The number of nitrogens with two attached hydrogens (primary N) is 1. The van der Waals surface area contributed by atoms with E-state index in [1.165, 1.54) is 0 Å². The average molecular weight is 287 g/mol. The first-order chi connectivity index (χ1) is 7.08. The number of imidazole rings is 1. The number of nitrogens with zero attached hydrogens (tertiary/aromatic N) is 2. The van der Waals surface area contributed by atoms with Crippen LogP contribution < -0.4 is 5.73 Å². The highest BCUT2D eigenvalue weighted by Gasteiger charge is 2.08. The molecule has 0 unspecified atom stereocenters. The second-order valence-corrected chi connectivity index (χ2v) is 4.53. The lowest BCUT2D eigenvalue weighted by molar-refractivity contribution is 1.07. The molecule has 1 aromatic heterocycles. The number of halogens is 2. The topological polar surface area (TPSA) is 43.8 Å². The van der Waals surface area contributed by atoms with Crippen LogP contribution in [0.5, 0.6) is 0 Å². The summed E-state index contributed by atoms with van der Waals surface area (Å²) >= 11 is 9.48. The Kier molecular flexibility index (Phi) is 2.71. The third-order valence-electron chi connectivity index (χ3n) is 2.02. The van der Waals surface area contributed by atoms with Gasteiger partial charge in [0.15, 0.2) is 0 Å². The van der Waals surface area contributed by atoms with Gasteiger partial charge >= 0.3 is 0 Å². The summed E-state index contributed by atoms with van der Waals surface area (Å²) in [6, 6.07) is 5.60. The first-order valence-electron chi connectivity index (χ1n) is 4.35. The Labute approximate surface area is 101 Å². The van der Waals surface area contributed by atoms with Crippen LogP contribution in [0.3, 0.4) is 0 Å². The fourth-order valence-corrected chi connectivity index (χ4v) is 1.94. The molecule has 1 heterocycles. The quantitative estimate of drug-likeness (QED) is 0.875. The minimum absolute atomic E-state index is 0.438. The lowest BCUT2D eigenvalue weighted by atomic mass is 10.3. The molecule has 1 aromatic carbocycles. The van der Waals surface area contributed by atoms with E-state index in [1.54, 1.807) is 4.57 Å². The molecule has 78 valence electrons. The highest BCUT2D eigenvalue weighted by atomic mass is 79.9. The summed E-state index contributed by atoms with van der Waals surface area (Å²) in [5.74, 6) is 0.438. The van der Waals surface area contributed by atoms with Crippen LogP contribution in [-0.4, -0.2) is 9.55 Å². The zero-order valence-electron chi connectivity index (χ0n) is 8.04. The fourth-order valence-electron chi connectivity index (χ4n) is 1.38. The molecule has 2 aromatic rings. The second kappa shape index (κ2) is 3.87. The first kappa shape index (κ1) is 10.5. The van der Waals surface area contributed by atoms with Gasteiger partial charge in [0, 0.05) is 10.7 Å². The van der Waals surface area contributed by atoms with E-state index in [9.17, 15) is 0 Å². The predicted octanol–water partition coefficient (Wildman–Crippen LogP) is 3.18. The Bertz CT molecular complexity index is 507. The van der Waals surface area contributed by atoms with Crippen molar-refractivity contribution >= 4 is 33.5 Å². The molecule has 2 rings (SSSR count). The largest absolute Gasteiger partial charge is 0.369 e. The van der Waals surface area contributed by atoms with Gasteiger partial charge in [0.2, 0.25) is 5.95 Å². The van der Waals surface area contributed by atoms with Crippen molar-refractivity contribution in [2.75, 3.05) is 5.73 Å². The van der Waals surface area contributed by atoms with E-state index in [-0.39, 0.29) is 0 Å². The van der Waals surface area contributed by atoms with Crippen LogP contribution in [0, 0.1) is 6.92 Å². The van der Waals surface area contributed by atoms with E-state index in [0.717, 1.165) is 15.9 Å². The molecule has 3 nitrogen and oxygen atoms in total. The number of rotatable bonds is 1. The van der Waals surface area contributed by atoms with Crippen molar-refractivity contribution in [3.05, 3.63) is 39.6 Å². The van der Waals surface area contributed by atoms with Crippen LogP contribution in [0.1, 0.15) is 5.69 Å². The molecule has 0 saturated carbocycles. The number of hydrogen-bond donors (Lipinski definition) is 1. The summed E-state index contributed by atoms with van der Waals surface area (Å²) in [4.78, 5) is 4.13. The van der Waals surface area contributed by atoms with Gasteiger partial charge in [-0.3, -0.25) is 4.57 Å². The van der Waals surface area contributed by atoms with Gasteiger partial charge in [-0.05, 0) is 25.1 Å². The minimum Gasteiger partial charge on any atom is -0.369 e. The van der Waals surface area contributed by atoms with E-state index in [0.29, 0.717) is 11.0 Å². The van der Waals surface area contributed by atoms with Crippen molar-refractivity contribution in [2.24, 2.45) is 0 Å². The number of aromatic nitrogens is 2. The predicted molar refractivity (Wildman–Crippen MR) is 65.4 cm³/mol. The zero-order valence-corrected chi connectivity index (χ0v) is 10.4. The van der Waals surface area contributed by atoms with Gasteiger partial charge in [-0.2, -0.15) is 0 Å². The lowest BCUT2D eigenvalue weighted by Crippen LogP contribution is -2.00. The van der Waals surface area contributed by atoms with Gasteiger partial charge in [0.05, 0.1) is 16.4 Å². The SMILES string of the molecule is Cc1cn(-c2cc(Br)ccc2Cl)c(N)n1. The Morgan fingerprint density at radius 2 is 2.20 bits per heavy atom. The highest BCUT2D eigenvalue weighted by molar-refractivity contribution is 9.10. The normalized spacial score (nSPS) is 10.6. The summed E-state index contributed by atoms with van der Waals surface area (Å²) in [7, 11) is 0. The maximum absolute atomic E-state index is 6.09. The summed E-state index contributed by atoms with van der Waals surface area (Å²) in [6.45, 7) is 1.89. The van der Waals surface area contributed by atoms with Gasteiger partial charge in [-0.1, -0.05) is 27.5 Å². The molecule has 0 radical (unpaired) electrons. The van der Waals surface area contributed by atoms with Crippen LogP contribution in [0.4, 0.5) is 5.95 Å². The van der Waals surface area contributed by atoms with Gasteiger partial charge < -0.3 is 5.73 Å². The molecular formula is C10H9BrClN3. The molecule has 0 aliphatic carbocycles. The zero-order chi connectivity index (χ0) is 11.0. The van der Waals surface area contributed by atoms with E-state index in [1.807, 2.05) is 31.3 Å². The first-order valence-corrected chi connectivity index (χ1v) is 5.52. The molecule has 0 aliphatic rings. The number of nitrogen functional groups attached to an aromatic ring is 1. The molecule has 15 heavy (non-hydrogen) atoms. The monoisotopic (exact) mass is 285 g/mol. The van der Waals surface area contributed by atoms with Gasteiger partial charge in [0.1, 0.15) is 0 Å². The van der Waals surface area contributed by atoms with E-state index in [4.69, 9.17) is 17.3 Å². The Balaban J connectivity index is 2.62. The molecule has 0 spiro atoms. The van der Waals surface area contributed by atoms with Crippen molar-refractivity contribution in [1.82, 2.24) is 9.55 Å². The highest BCUT2D eigenvalue weighted by Crippen LogP contribution is 2.26. The van der Waals surface area contributed by atoms with Crippen LogP contribution >= 0.6 is 27.5 Å². The van der Waals surface area contributed by atoms with Gasteiger partial charge in [0.25, 0.3) is 0 Å². The lowest BCUT2D eigenvalue weighted by Gasteiger charge is -2.07. The Morgan fingerprint density at radius 1 is 1.47 bits per heavy atom. The summed E-state index contributed by atoms with van der Waals surface area (Å²) in [5.41, 5.74) is 7.46. The maximum Gasteiger partial charge on any atom is 0.205 e. The summed E-state index contributed by atoms with van der Waals surface area (Å²) in [6.07, 6.45) is 1.85. The molecule has 0 aliphatic heterocycles. The van der Waals surface area contributed by atoms with Crippen molar-refractivity contribution in [1.29, 1.82) is 0 Å². The fraction of sp³-hybridized carbons (Fsp3) is 0.100. The molecule has 0 atom stereocenters. The third kappa shape index (κ3) is 2.01. The minimum atomic E-state index is 0.438. The van der Waals surface area contributed by atoms with Crippen LogP contribution in [0.2, 0.25) is 5.02 Å². The number of benzene rings is 1. The molecular weight excluding hydrogens is 277 g/mol. The Morgan fingerprint density at radius 3 is 2.80 bits per heavy atom. The number of hydrogen-bond acceptors (Lipinski definition) is 2. The van der Waals surface area contributed by atoms with Crippen LogP contribution in [0.15, 0.2) is 28.9 Å². The maximum atomic E-state index is 6.09. The molecule has 5 heteroatoms.